The number of hydrogen-bond acceptors (Lipinski definition) is 4. The van der Waals surface area contributed by atoms with Gasteiger partial charge in [0.05, 0.1) is 23.5 Å². The lowest BCUT2D eigenvalue weighted by Gasteiger charge is -2.12. The molecular formula is C16H26N2O2. The molecule has 0 aliphatic carbocycles. The molecule has 0 aromatic heterocycles. The van der Waals surface area contributed by atoms with Crippen LogP contribution in [0.2, 0.25) is 0 Å². The number of anilines is 2. The number of unbranched alkanes of at least 4 members (excludes halogenated alkanes) is 1. The number of rotatable bonds is 8. The highest BCUT2D eigenvalue weighted by molar-refractivity contribution is 5.98. The molecule has 4 heteroatoms. The molecule has 4 nitrogen and oxygen atoms in total. The summed E-state index contributed by atoms with van der Waals surface area (Å²) in [6.45, 7) is 7.46. The molecule has 0 spiro atoms. The average Bonchev–Trinajstić information content (AvgIpc) is 2.40. The number of esters is 1. The van der Waals surface area contributed by atoms with E-state index in [4.69, 9.17) is 10.5 Å². The molecular weight excluding hydrogens is 252 g/mol. The monoisotopic (exact) mass is 278 g/mol. The van der Waals surface area contributed by atoms with Gasteiger partial charge in [-0.05, 0) is 31.4 Å². The number of hydrogen-bond donors (Lipinski definition) is 2. The molecule has 0 aliphatic rings. The Kier molecular flexibility index (Phi) is 6.91. The van der Waals surface area contributed by atoms with Crippen molar-refractivity contribution in [1.29, 1.82) is 0 Å². The van der Waals surface area contributed by atoms with Gasteiger partial charge in [-0.25, -0.2) is 4.79 Å². The first-order valence-electron chi connectivity index (χ1n) is 7.35. The number of nitrogens with two attached hydrogens (primary N) is 1. The SMILES string of the molecule is CCOC(=O)c1cccc(NCCCCC(C)C)c1N. The molecule has 0 saturated heterocycles. The van der Waals surface area contributed by atoms with Crippen molar-refractivity contribution in [3.8, 4) is 0 Å². The van der Waals surface area contributed by atoms with Crippen LogP contribution in [0.1, 0.15) is 50.4 Å². The number of nitrogen functional groups attached to an aromatic ring is 1. The van der Waals surface area contributed by atoms with E-state index in [0.29, 0.717) is 17.9 Å². The minimum absolute atomic E-state index is 0.352. The predicted molar refractivity (Wildman–Crippen MR) is 84.0 cm³/mol. The van der Waals surface area contributed by atoms with Crippen molar-refractivity contribution in [2.45, 2.75) is 40.0 Å². The summed E-state index contributed by atoms with van der Waals surface area (Å²) in [5.74, 6) is 0.376. The van der Waals surface area contributed by atoms with Gasteiger partial charge in [0, 0.05) is 6.54 Å². The number of nitrogens with one attached hydrogen (secondary N) is 1. The van der Waals surface area contributed by atoms with Crippen molar-refractivity contribution in [1.82, 2.24) is 0 Å². The Hall–Kier alpha value is -1.71. The third-order valence-corrected chi connectivity index (χ3v) is 3.13. The van der Waals surface area contributed by atoms with E-state index in [0.717, 1.165) is 24.6 Å². The van der Waals surface area contributed by atoms with Gasteiger partial charge in [0.2, 0.25) is 0 Å². The van der Waals surface area contributed by atoms with Gasteiger partial charge in [0.25, 0.3) is 0 Å². The predicted octanol–water partition coefficient (Wildman–Crippen LogP) is 3.68. The Labute approximate surface area is 121 Å². The second-order valence-electron chi connectivity index (χ2n) is 5.30. The van der Waals surface area contributed by atoms with Crippen molar-refractivity contribution < 1.29 is 9.53 Å². The molecule has 0 atom stereocenters. The van der Waals surface area contributed by atoms with Crippen LogP contribution >= 0.6 is 0 Å². The Morgan fingerprint density at radius 3 is 2.75 bits per heavy atom. The van der Waals surface area contributed by atoms with Gasteiger partial charge in [-0.3, -0.25) is 0 Å². The second-order valence-corrected chi connectivity index (χ2v) is 5.30. The molecule has 0 aliphatic heterocycles. The Morgan fingerprint density at radius 2 is 2.10 bits per heavy atom. The molecule has 0 saturated carbocycles. The molecule has 0 amide bonds. The first-order valence-corrected chi connectivity index (χ1v) is 7.35. The third kappa shape index (κ3) is 5.11. The Bertz CT molecular complexity index is 430. The smallest absolute Gasteiger partial charge is 0.340 e. The summed E-state index contributed by atoms with van der Waals surface area (Å²) >= 11 is 0. The van der Waals surface area contributed by atoms with Gasteiger partial charge in [-0.1, -0.05) is 32.8 Å². The molecule has 3 N–H and O–H groups in total. The van der Waals surface area contributed by atoms with Crippen LogP contribution in [-0.4, -0.2) is 19.1 Å². The van der Waals surface area contributed by atoms with Crippen molar-refractivity contribution in [2.75, 3.05) is 24.2 Å². The Morgan fingerprint density at radius 1 is 1.35 bits per heavy atom. The normalized spacial score (nSPS) is 10.6. The number of carbonyl (C=O) groups is 1. The quantitative estimate of drug-likeness (QED) is 0.432. The van der Waals surface area contributed by atoms with Crippen LogP contribution in [0.15, 0.2) is 18.2 Å². The van der Waals surface area contributed by atoms with Crippen molar-refractivity contribution >= 4 is 17.3 Å². The lowest BCUT2D eigenvalue weighted by molar-refractivity contribution is 0.0527. The molecule has 0 bridgehead atoms. The van der Waals surface area contributed by atoms with Gasteiger partial charge in [0.1, 0.15) is 0 Å². The first-order chi connectivity index (χ1) is 9.56. The highest BCUT2D eigenvalue weighted by atomic mass is 16.5. The molecule has 112 valence electrons. The fourth-order valence-electron chi connectivity index (χ4n) is 2.01. The van der Waals surface area contributed by atoms with E-state index < -0.39 is 0 Å². The zero-order chi connectivity index (χ0) is 15.0. The largest absolute Gasteiger partial charge is 0.462 e. The molecule has 0 fully saturated rings. The topological polar surface area (TPSA) is 64.3 Å². The Balaban J connectivity index is 2.54. The number of para-hydroxylation sites is 1. The fourth-order valence-corrected chi connectivity index (χ4v) is 2.01. The minimum Gasteiger partial charge on any atom is -0.462 e. The number of carbonyl (C=O) groups excluding carboxylic acids is 1. The van der Waals surface area contributed by atoms with Gasteiger partial charge in [0.15, 0.2) is 0 Å². The minimum atomic E-state index is -0.367. The summed E-state index contributed by atoms with van der Waals surface area (Å²) in [7, 11) is 0. The summed E-state index contributed by atoms with van der Waals surface area (Å²) in [5, 5.41) is 3.29. The zero-order valence-corrected chi connectivity index (χ0v) is 12.7. The molecule has 1 aromatic rings. The summed E-state index contributed by atoms with van der Waals surface area (Å²) in [6, 6.07) is 5.40. The van der Waals surface area contributed by atoms with E-state index in [1.165, 1.54) is 12.8 Å². The summed E-state index contributed by atoms with van der Waals surface area (Å²) in [6.07, 6.45) is 3.53. The number of benzene rings is 1. The van der Waals surface area contributed by atoms with E-state index in [9.17, 15) is 4.79 Å². The van der Waals surface area contributed by atoms with Crippen LogP contribution in [0.4, 0.5) is 11.4 Å². The van der Waals surface area contributed by atoms with Crippen LogP contribution in [0.25, 0.3) is 0 Å². The first kappa shape index (κ1) is 16.3. The van der Waals surface area contributed by atoms with E-state index in [1.54, 1.807) is 13.0 Å². The van der Waals surface area contributed by atoms with Crippen LogP contribution in [0.5, 0.6) is 0 Å². The van der Waals surface area contributed by atoms with E-state index in [2.05, 4.69) is 19.2 Å². The van der Waals surface area contributed by atoms with Crippen LogP contribution in [-0.2, 0) is 4.74 Å². The fraction of sp³-hybridized carbons (Fsp3) is 0.562. The van der Waals surface area contributed by atoms with E-state index >= 15 is 0 Å². The number of ether oxygens (including phenoxy) is 1. The highest BCUT2D eigenvalue weighted by Crippen LogP contribution is 2.23. The molecule has 0 heterocycles. The van der Waals surface area contributed by atoms with Crippen molar-refractivity contribution in [3.05, 3.63) is 23.8 Å². The molecule has 1 aromatic carbocycles. The van der Waals surface area contributed by atoms with Gasteiger partial charge in [-0.15, -0.1) is 0 Å². The maximum atomic E-state index is 11.7. The van der Waals surface area contributed by atoms with E-state index in [-0.39, 0.29) is 5.97 Å². The van der Waals surface area contributed by atoms with Crippen LogP contribution in [0, 0.1) is 5.92 Å². The van der Waals surface area contributed by atoms with Gasteiger partial charge < -0.3 is 15.8 Å². The van der Waals surface area contributed by atoms with Gasteiger partial charge in [-0.2, -0.15) is 0 Å². The average molecular weight is 278 g/mol. The third-order valence-electron chi connectivity index (χ3n) is 3.13. The zero-order valence-electron chi connectivity index (χ0n) is 12.7. The standard InChI is InChI=1S/C16H26N2O2/c1-4-20-16(19)13-9-7-10-14(15(13)17)18-11-6-5-8-12(2)3/h7,9-10,12,18H,4-6,8,11,17H2,1-3H3. The van der Waals surface area contributed by atoms with E-state index in [1.807, 2.05) is 12.1 Å². The maximum Gasteiger partial charge on any atom is 0.340 e. The van der Waals surface area contributed by atoms with Crippen molar-refractivity contribution in [2.24, 2.45) is 5.92 Å². The maximum absolute atomic E-state index is 11.7. The molecule has 0 radical (unpaired) electrons. The molecule has 0 unspecified atom stereocenters. The van der Waals surface area contributed by atoms with Gasteiger partial charge >= 0.3 is 5.97 Å². The highest BCUT2D eigenvalue weighted by Gasteiger charge is 2.12. The summed E-state index contributed by atoms with van der Waals surface area (Å²) in [4.78, 5) is 11.7. The lowest BCUT2D eigenvalue weighted by atomic mass is 10.1. The summed E-state index contributed by atoms with van der Waals surface area (Å²) in [5.41, 5.74) is 7.72. The van der Waals surface area contributed by atoms with Crippen LogP contribution < -0.4 is 11.1 Å². The van der Waals surface area contributed by atoms with Crippen molar-refractivity contribution in [3.63, 3.8) is 0 Å². The molecule has 1 rings (SSSR count). The summed E-state index contributed by atoms with van der Waals surface area (Å²) < 4.78 is 4.99. The molecule has 20 heavy (non-hydrogen) atoms. The van der Waals surface area contributed by atoms with Crippen LogP contribution in [0.3, 0.4) is 0 Å². The second kappa shape index (κ2) is 8.46. The lowest BCUT2D eigenvalue weighted by Crippen LogP contribution is -2.11.